The van der Waals surface area contributed by atoms with Crippen LogP contribution in [0.1, 0.15) is 10.4 Å². The van der Waals surface area contributed by atoms with Gasteiger partial charge in [0.1, 0.15) is 5.56 Å². The lowest BCUT2D eigenvalue weighted by Gasteiger charge is -2.07. The van der Waals surface area contributed by atoms with Gasteiger partial charge in [-0.15, -0.1) is 0 Å². The highest BCUT2D eigenvalue weighted by molar-refractivity contribution is 6.42. The first-order valence-corrected chi connectivity index (χ1v) is 6.72. The maximum Gasteiger partial charge on any atom is 0.282 e. The van der Waals surface area contributed by atoms with Crippen molar-refractivity contribution in [2.24, 2.45) is 0 Å². The largest absolute Gasteiger partial charge is 0.322 e. The van der Waals surface area contributed by atoms with Gasteiger partial charge in [-0.05, 0) is 30.3 Å². The summed E-state index contributed by atoms with van der Waals surface area (Å²) < 4.78 is 0. The lowest BCUT2D eigenvalue weighted by atomic mass is 10.1. The molecule has 0 bridgehead atoms. The summed E-state index contributed by atoms with van der Waals surface area (Å²) in [5.74, 6) is -0.664. The van der Waals surface area contributed by atoms with E-state index in [1.165, 1.54) is 36.4 Å². The molecule has 2 rings (SSSR count). The van der Waals surface area contributed by atoms with Crippen molar-refractivity contribution in [3.8, 4) is 0 Å². The third kappa shape index (κ3) is 3.64. The minimum atomic E-state index is -0.664. The summed E-state index contributed by atoms with van der Waals surface area (Å²) in [7, 11) is 0. The normalized spacial score (nSPS) is 10.2. The fraction of sp³-hybridized carbons (Fsp3) is 0. The highest BCUT2D eigenvalue weighted by Gasteiger charge is 2.20. The molecule has 0 aromatic heterocycles. The summed E-state index contributed by atoms with van der Waals surface area (Å²) >= 11 is 17.4. The maximum atomic E-state index is 12.1. The molecular formula is C13H7Cl3N2O3. The van der Waals surface area contributed by atoms with Crippen LogP contribution >= 0.6 is 34.8 Å². The van der Waals surface area contributed by atoms with Crippen molar-refractivity contribution >= 4 is 52.1 Å². The summed E-state index contributed by atoms with van der Waals surface area (Å²) in [6.45, 7) is 0. The summed E-state index contributed by atoms with van der Waals surface area (Å²) in [6.07, 6.45) is 0. The van der Waals surface area contributed by atoms with Gasteiger partial charge in [0, 0.05) is 16.8 Å². The number of halogens is 3. The Morgan fingerprint density at radius 2 is 1.76 bits per heavy atom. The smallest absolute Gasteiger partial charge is 0.282 e. The monoisotopic (exact) mass is 344 g/mol. The van der Waals surface area contributed by atoms with E-state index >= 15 is 0 Å². The standard InChI is InChI=1S/C13H7Cl3N2O3/c14-7-1-4-12(18(20)21)9(5-7)13(19)17-8-2-3-10(15)11(16)6-8/h1-6H,(H,17,19). The molecule has 5 nitrogen and oxygen atoms in total. The zero-order valence-electron chi connectivity index (χ0n) is 10.3. The predicted octanol–water partition coefficient (Wildman–Crippen LogP) is 4.81. The number of carbonyl (C=O) groups is 1. The van der Waals surface area contributed by atoms with Gasteiger partial charge in [0.2, 0.25) is 0 Å². The second kappa shape index (κ2) is 6.30. The molecule has 2 aromatic rings. The van der Waals surface area contributed by atoms with E-state index in [1.807, 2.05) is 0 Å². The first-order valence-electron chi connectivity index (χ1n) is 5.59. The molecule has 2 aromatic carbocycles. The third-order valence-corrected chi connectivity index (χ3v) is 3.55. The average Bonchev–Trinajstić information content (AvgIpc) is 2.42. The van der Waals surface area contributed by atoms with E-state index < -0.39 is 10.8 Å². The lowest BCUT2D eigenvalue weighted by molar-refractivity contribution is -0.385. The highest BCUT2D eigenvalue weighted by atomic mass is 35.5. The van der Waals surface area contributed by atoms with E-state index in [0.717, 1.165) is 0 Å². The molecule has 0 unspecified atom stereocenters. The van der Waals surface area contributed by atoms with Crippen LogP contribution in [0, 0.1) is 10.1 Å². The molecule has 8 heteroatoms. The zero-order valence-corrected chi connectivity index (χ0v) is 12.5. The average molecular weight is 346 g/mol. The fourth-order valence-corrected chi connectivity index (χ4v) is 2.09. The number of amides is 1. The van der Waals surface area contributed by atoms with E-state index in [-0.39, 0.29) is 21.3 Å². The zero-order chi connectivity index (χ0) is 15.6. The molecular weight excluding hydrogens is 339 g/mol. The topological polar surface area (TPSA) is 72.2 Å². The molecule has 0 aliphatic heterocycles. The number of hydrogen-bond acceptors (Lipinski definition) is 3. The van der Waals surface area contributed by atoms with Gasteiger partial charge in [0.25, 0.3) is 11.6 Å². The van der Waals surface area contributed by atoms with E-state index in [2.05, 4.69) is 5.32 Å². The molecule has 0 fully saturated rings. The van der Waals surface area contributed by atoms with Crippen molar-refractivity contribution in [2.45, 2.75) is 0 Å². The molecule has 0 atom stereocenters. The first kappa shape index (κ1) is 15.6. The molecule has 0 saturated carbocycles. The number of nitro groups is 1. The lowest BCUT2D eigenvalue weighted by Crippen LogP contribution is -2.14. The quantitative estimate of drug-likeness (QED) is 0.641. The van der Waals surface area contributed by atoms with Gasteiger partial charge < -0.3 is 5.32 Å². The summed E-state index contributed by atoms with van der Waals surface area (Å²) in [6, 6.07) is 8.22. The summed E-state index contributed by atoms with van der Waals surface area (Å²) in [5.41, 5.74) is -0.112. The molecule has 108 valence electrons. The summed E-state index contributed by atoms with van der Waals surface area (Å²) in [4.78, 5) is 22.4. The van der Waals surface area contributed by atoms with Crippen molar-refractivity contribution in [3.05, 3.63) is 67.1 Å². The minimum absolute atomic E-state index is 0.140. The van der Waals surface area contributed by atoms with Gasteiger partial charge in [-0.1, -0.05) is 34.8 Å². The molecule has 0 aliphatic rings. The number of nitro benzene ring substituents is 1. The van der Waals surface area contributed by atoms with Gasteiger partial charge in [-0.3, -0.25) is 14.9 Å². The number of carbonyl (C=O) groups excluding carboxylic acids is 1. The fourth-order valence-electron chi connectivity index (χ4n) is 1.62. The molecule has 0 spiro atoms. The molecule has 0 aliphatic carbocycles. The Labute approximate surface area is 134 Å². The van der Waals surface area contributed by atoms with Crippen LogP contribution in [0.15, 0.2) is 36.4 Å². The number of anilines is 1. The van der Waals surface area contributed by atoms with Crippen LogP contribution in [0.3, 0.4) is 0 Å². The Morgan fingerprint density at radius 3 is 2.38 bits per heavy atom. The van der Waals surface area contributed by atoms with Crippen LogP contribution in [0.2, 0.25) is 15.1 Å². The SMILES string of the molecule is O=C(Nc1ccc(Cl)c(Cl)c1)c1cc(Cl)ccc1[N+](=O)[O-]. The van der Waals surface area contributed by atoms with E-state index in [0.29, 0.717) is 10.7 Å². The van der Waals surface area contributed by atoms with Crippen LogP contribution in [0.5, 0.6) is 0 Å². The number of rotatable bonds is 3. The van der Waals surface area contributed by atoms with Gasteiger partial charge >= 0.3 is 0 Å². The van der Waals surface area contributed by atoms with Crippen LogP contribution in [-0.2, 0) is 0 Å². The van der Waals surface area contributed by atoms with E-state index in [9.17, 15) is 14.9 Å². The number of nitrogens with zero attached hydrogens (tertiary/aromatic N) is 1. The number of nitrogens with one attached hydrogen (secondary N) is 1. The predicted molar refractivity (Wildman–Crippen MR) is 82.5 cm³/mol. The molecule has 1 amide bonds. The number of benzene rings is 2. The van der Waals surface area contributed by atoms with Crippen LogP contribution in [-0.4, -0.2) is 10.8 Å². The second-order valence-corrected chi connectivity index (χ2v) is 5.25. The molecule has 0 heterocycles. The Kier molecular flexibility index (Phi) is 4.67. The van der Waals surface area contributed by atoms with Gasteiger partial charge in [-0.25, -0.2) is 0 Å². The second-order valence-electron chi connectivity index (χ2n) is 4.00. The molecule has 21 heavy (non-hydrogen) atoms. The Balaban J connectivity index is 2.34. The van der Waals surface area contributed by atoms with E-state index in [4.69, 9.17) is 34.8 Å². The van der Waals surface area contributed by atoms with Crippen LogP contribution in [0.25, 0.3) is 0 Å². The minimum Gasteiger partial charge on any atom is -0.322 e. The van der Waals surface area contributed by atoms with Crippen molar-refractivity contribution in [1.82, 2.24) is 0 Å². The molecule has 0 saturated heterocycles. The Hall–Kier alpha value is -1.82. The van der Waals surface area contributed by atoms with Crippen LogP contribution in [0.4, 0.5) is 11.4 Å². The van der Waals surface area contributed by atoms with Crippen LogP contribution < -0.4 is 5.32 Å². The Morgan fingerprint density at radius 1 is 1.05 bits per heavy atom. The number of hydrogen-bond donors (Lipinski definition) is 1. The maximum absolute atomic E-state index is 12.1. The van der Waals surface area contributed by atoms with Gasteiger partial charge in [0.05, 0.1) is 15.0 Å². The van der Waals surface area contributed by atoms with Crippen molar-refractivity contribution < 1.29 is 9.72 Å². The third-order valence-electron chi connectivity index (χ3n) is 2.58. The Bertz CT molecular complexity index is 735. The van der Waals surface area contributed by atoms with Crippen molar-refractivity contribution in [1.29, 1.82) is 0 Å². The summed E-state index contributed by atoms with van der Waals surface area (Å²) in [5, 5.41) is 14.3. The first-order chi connectivity index (χ1) is 9.88. The highest BCUT2D eigenvalue weighted by Crippen LogP contribution is 2.27. The van der Waals surface area contributed by atoms with E-state index in [1.54, 1.807) is 0 Å². The van der Waals surface area contributed by atoms with Gasteiger partial charge in [-0.2, -0.15) is 0 Å². The van der Waals surface area contributed by atoms with Gasteiger partial charge in [0.15, 0.2) is 0 Å². The molecule has 0 radical (unpaired) electrons. The van der Waals surface area contributed by atoms with Crippen molar-refractivity contribution in [3.63, 3.8) is 0 Å². The molecule has 1 N–H and O–H groups in total. The van der Waals surface area contributed by atoms with Crippen molar-refractivity contribution in [2.75, 3.05) is 5.32 Å².